The molecule has 0 radical (unpaired) electrons. The van der Waals surface area contributed by atoms with Gasteiger partial charge in [-0.2, -0.15) is 5.10 Å². The van der Waals surface area contributed by atoms with Crippen LogP contribution in [-0.4, -0.2) is 16.8 Å². The predicted octanol–water partition coefficient (Wildman–Crippen LogP) is 3.79. The summed E-state index contributed by atoms with van der Waals surface area (Å²) in [6, 6.07) is 19.7. The predicted molar refractivity (Wildman–Crippen MR) is 98.8 cm³/mol. The van der Waals surface area contributed by atoms with Crippen molar-refractivity contribution in [2.75, 3.05) is 11.9 Å². The molecule has 1 atom stereocenters. The SMILES string of the molecule is O=c1[nH]ncc(NC(COCc2ccccc2)c2ccccc2)c1Cl. The zero-order valence-electron chi connectivity index (χ0n) is 13.5. The maximum atomic E-state index is 11.6. The van der Waals surface area contributed by atoms with Crippen molar-refractivity contribution < 1.29 is 4.74 Å². The Hall–Kier alpha value is -2.63. The molecule has 0 aliphatic carbocycles. The van der Waals surface area contributed by atoms with Crippen LogP contribution < -0.4 is 10.9 Å². The van der Waals surface area contributed by atoms with E-state index in [-0.39, 0.29) is 11.1 Å². The van der Waals surface area contributed by atoms with Crippen molar-refractivity contribution in [2.24, 2.45) is 0 Å². The van der Waals surface area contributed by atoms with Gasteiger partial charge in [0, 0.05) is 0 Å². The second-order valence-corrected chi connectivity index (χ2v) is 5.91. The molecule has 128 valence electrons. The summed E-state index contributed by atoms with van der Waals surface area (Å²) in [6.45, 7) is 0.926. The average Bonchev–Trinajstić information content (AvgIpc) is 2.66. The summed E-state index contributed by atoms with van der Waals surface area (Å²) >= 11 is 6.07. The van der Waals surface area contributed by atoms with Crippen molar-refractivity contribution in [1.82, 2.24) is 10.2 Å². The second-order valence-electron chi connectivity index (χ2n) is 5.54. The van der Waals surface area contributed by atoms with Crippen molar-refractivity contribution in [3.8, 4) is 0 Å². The van der Waals surface area contributed by atoms with Gasteiger partial charge < -0.3 is 10.1 Å². The van der Waals surface area contributed by atoms with Crippen molar-refractivity contribution in [3.05, 3.63) is 93.4 Å². The van der Waals surface area contributed by atoms with Gasteiger partial charge >= 0.3 is 0 Å². The van der Waals surface area contributed by atoms with Crippen molar-refractivity contribution in [1.29, 1.82) is 0 Å². The first-order chi connectivity index (χ1) is 12.2. The van der Waals surface area contributed by atoms with Crippen LogP contribution >= 0.6 is 11.6 Å². The minimum atomic E-state index is -0.427. The lowest BCUT2D eigenvalue weighted by molar-refractivity contribution is 0.112. The number of nitrogens with zero attached hydrogens (tertiary/aromatic N) is 1. The molecule has 0 amide bonds. The number of nitrogens with one attached hydrogen (secondary N) is 2. The van der Waals surface area contributed by atoms with Crippen LogP contribution in [0.1, 0.15) is 17.2 Å². The van der Waals surface area contributed by atoms with Crippen LogP contribution in [0, 0.1) is 0 Å². The molecule has 0 fully saturated rings. The number of aromatic amines is 1. The number of benzene rings is 2. The van der Waals surface area contributed by atoms with Gasteiger partial charge in [-0.15, -0.1) is 0 Å². The van der Waals surface area contributed by atoms with Gasteiger partial charge in [-0.25, -0.2) is 5.10 Å². The molecule has 0 aliphatic rings. The zero-order chi connectivity index (χ0) is 17.5. The number of ether oxygens (including phenoxy) is 1. The highest BCUT2D eigenvalue weighted by Crippen LogP contribution is 2.23. The molecule has 3 rings (SSSR count). The minimum absolute atomic E-state index is 0.0824. The van der Waals surface area contributed by atoms with Crippen LogP contribution in [0.4, 0.5) is 5.69 Å². The van der Waals surface area contributed by atoms with Crippen molar-refractivity contribution in [3.63, 3.8) is 0 Å². The highest BCUT2D eigenvalue weighted by Gasteiger charge is 2.15. The molecule has 2 aromatic carbocycles. The third-order valence-corrected chi connectivity index (χ3v) is 4.10. The first kappa shape index (κ1) is 17.2. The van der Waals surface area contributed by atoms with Gasteiger partial charge in [0.2, 0.25) is 0 Å². The van der Waals surface area contributed by atoms with Crippen molar-refractivity contribution in [2.45, 2.75) is 12.6 Å². The van der Waals surface area contributed by atoms with E-state index in [2.05, 4.69) is 15.5 Å². The second kappa shape index (κ2) is 8.46. The fourth-order valence-corrected chi connectivity index (χ4v) is 2.59. The van der Waals surface area contributed by atoms with Crippen LogP contribution in [0.5, 0.6) is 0 Å². The van der Waals surface area contributed by atoms with Gasteiger partial charge in [-0.3, -0.25) is 4.79 Å². The van der Waals surface area contributed by atoms with Crippen LogP contribution in [0.25, 0.3) is 0 Å². The molecule has 2 N–H and O–H groups in total. The summed E-state index contributed by atoms with van der Waals surface area (Å²) < 4.78 is 5.87. The zero-order valence-corrected chi connectivity index (χ0v) is 14.2. The largest absolute Gasteiger partial charge is 0.374 e. The number of halogens is 1. The van der Waals surface area contributed by atoms with Crippen LogP contribution in [0.15, 0.2) is 71.7 Å². The lowest BCUT2D eigenvalue weighted by atomic mass is 10.1. The first-order valence-electron chi connectivity index (χ1n) is 7.90. The topological polar surface area (TPSA) is 67.0 Å². The average molecular weight is 356 g/mol. The molecule has 25 heavy (non-hydrogen) atoms. The molecule has 0 bridgehead atoms. The highest BCUT2D eigenvalue weighted by atomic mass is 35.5. The smallest absolute Gasteiger partial charge is 0.285 e. The lowest BCUT2D eigenvalue weighted by Gasteiger charge is -2.21. The van der Waals surface area contributed by atoms with Gasteiger partial charge in [0.15, 0.2) is 0 Å². The van der Waals surface area contributed by atoms with E-state index in [1.54, 1.807) is 0 Å². The maximum absolute atomic E-state index is 11.6. The molecule has 0 spiro atoms. The Balaban J connectivity index is 1.74. The summed E-state index contributed by atoms with van der Waals surface area (Å²) in [5.41, 5.74) is 2.18. The fourth-order valence-electron chi connectivity index (χ4n) is 2.45. The Morgan fingerprint density at radius 2 is 1.76 bits per heavy atom. The van der Waals surface area contributed by atoms with Crippen molar-refractivity contribution >= 4 is 17.3 Å². The first-order valence-corrected chi connectivity index (χ1v) is 8.28. The lowest BCUT2D eigenvalue weighted by Crippen LogP contribution is -2.20. The Kier molecular flexibility index (Phi) is 5.82. The normalized spacial score (nSPS) is 11.9. The number of anilines is 1. The molecule has 0 aliphatic heterocycles. The standard InChI is InChI=1S/C19H18ClN3O2/c20-18-16(11-21-23-19(18)24)22-17(15-9-5-2-6-10-15)13-25-12-14-7-3-1-4-8-14/h1-11,17H,12-13H2,(H2,22,23,24). The van der Waals surface area contributed by atoms with E-state index in [1.807, 2.05) is 60.7 Å². The van der Waals surface area contributed by atoms with E-state index >= 15 is 0 Å². The number of hydrogen-bond donors (Lipinski definition) is 2. The third-order valence-electron chi connectivity index (χ3n) is 3.72. The molecule has 5 nitrogen and oxygen atoms in total. The fraction of sp³-hybridized carbons (Fsp3) is 0.158. The van der Waals surface area contributed by atoms with Crippen LogP contribution in [0.2, 0.25) is 5.02 Å². The highest BCUT2D eigenvalue weighted by molar-refractivity contribution is 6.32. The van der Waals surface area contributed by atoms with E-state index in [0.29, 0.717) is 18.9 Å². The molecule has 0 saturated carbocycles. The number of rotatable bonds is 7. The van der Waals surface area contributed by atoms with Crippen LogP contribution in [-0.2, 0) is 11.3 Å². The van der Waals surface area contributed by atoms with E-state index in [4.69, 9.17) is 16.3 Å². The molecular weight excluding hydrogens is 338 g/mol. The Labute approximate surface area is 150 Å². The van der Waals surface area contributed by atoms with E-state index in [9.17, 15) is 4.79 Å². The van der Waals surface area contributed by atoms with Gasteiger partial charge in [0.25, 0.3) is 5.56 Å². The number of H-pyrrole nitrogens is 1. The summed E-state index contributed by atoms with van der Waals surface area (Å²) in [4.78, 5) is 11.6. The summed E-state index contributed by atoms with van der Waals surface area (Å²) in [6.07, 6.45) is 1.50. The van der Waals surface area contributed by atoms with Crippen LogP contribution in [0.3, 0.4) is 0 Å². The Morgan fingerprint density at radius 3 is 2.48 bits per heavy atom. The monoisotopic (exact) mass is 355 g/mol. The van der Waals surface area contributed by atoms with Gasteiger partial charge in [0.05, 0.1) is 31.1 Å². The number of hydrogen-bond acceptors (Lipinski definition) is 4. The molecule has 1 unspecified atom stereocenters. The van der Waals surface area contributed by atoms with E-state index in [1.165, 1.54) is 6.20 Å². The van der Waals surface area contributed by atoms with E-state index in [0.717, 1.165) is 11.1 Å². The minimum Gasteiger partial charge on any atom is -0.374 e. The molecule has 6 heteroatoms. The summed E-state index contributed by atoms with van der Waals surface area (Å²) in [5, 5.41) is 9.44. The Bertz CT molecular complexity index is 853. The maximum Gasteiger partial charge on any atom is 0.285 e. The molecule has 1 heterocycles. The number of aromatic nitrogens is 2. The van der Waals surface area contributed by atoms with Gasteiger partial charge in [-0.1, -0.05) is 72.3 Å². The van der Waals surface area contributed by atoms with Gasteiger partial charge in [-0.05, 0) is 11.1 Å². The molecule has 3 aromatic rings. The van der Waals surface area contributed by atoms with E-state index < -0.39 is 5.56 Å². The third kappa shape index (κ3) is 4.68. The summed E-state index contributed by atoms with van der Waals surface area (Å²) in [7, 11) is 0. The molecular formula is C19H18ClN3O2. The Morgan fingerprint density at radius 1 is 1.08 bits per heavy atom. The summed E-state index contributed by atoms with van der Waals surface area (Å²) in [5.74, 6) is 0. The molecule has 0 saturated heterocycles. The molecule has 1 aromatic heterocycles. The van der Waals surface area contributed by atoms with Gasteiger partial charge in [0.1, 0.15) is 5.02 Å². The quantitative estimate of drug-likeness (QED) is 0.676.